The van der Waals surface area contributed by atoms with Gasteiger partial charge in [-0.1, -0.05) is 12.6 Å². The first-order valence-corrected chi connectivity index (χ1v) is 15.5. The minimum Gasteiger partial charge on any atom is -0.383 e. The lowest BCUT2D eigenvalue weighted by Gasteiger charge is -2.33. The van der Waals surface area contributed by atoms with Crippen LogP contribution in [0.4, 0.5) is 5.82 Å². The molecule has 1 saturated heterocycles. The van der Waals surface area contributed by atoms with Crippen molar-refractivity contribution in [2.75, 3.05) is 18.8 Å². The van der Waals surface area contributed by atoms with Crippen molar-refractivity contribution in [2.45, 2.75) is 56.5 Å². The Morgan fingerprint density at radius 1 is 1.02 bits per heavy atom. The van der Waals surface area contributed by atoms with E-state index in [0.29, 0.717) is 29.6 Å². The number of nitrogen functional groups attached to an aromatic ring is 1. The van der Waals surface area contributed by atoms with Crippen LogP contribution in [0.3, 0.4) is 0 Å². The van der Waals surface area contributed by atoms with Gasteiger partial charge in [-0.3, -0.25) is 9.36 Å². The van der Waals surface area contributed by atoms with Crippen LogP contribution in [0.25, 0.3) is 34.1 Å². The number of aryl methyl sites for hydroxylation is 1. The highest BCUT2D eigenvalue weighted by atomic mass is 16.2. The Morgan fingerprint density at radius 2 is 1.89 bits per heavy atom. The molecule has 1 saturated carbocycles. The number of piperidine rings is 1. The van der Waals surface area contributed by atoms with Crippen LogP contribution in [0.5, 0.6) is 0 Å². The van der Waals surface area contributed by atoms with E-state index >= 15 is 0 Å². The van der Waals surface area contributed by atoms with Crippen molar-refractivity contribution in [3.63, 3.8) is 0 Å². The van der Waals surface area contributed by atoms with Gasteiger partial charge in [0.25, 0.3) is 0 Å². The highest BCUT2D eigenvalue weighted by Gasteiger charge is 2.29. The number of anilines is 1. The molecule has 44 heavy (non-hydrogen) atoms. The summed E-state index contributed by atoms with van der Waals surface area (Å²) in [4.78, 5) is 28.4. The number of carbonyl (C=O) groups is 1. The number of nitrogens with one attached hydrogen (secondary N) is 1. The number of fused-ring (bicyclic) bond motifs is 2. The lowest BCUT2D eigenvalue weighted by atomic mass is 10.0. The summed E-state index contributed by atoms with van der Waals surface area (Å²) in [7, 11) is 0. The number of nitrogens with zero attached hydrogens (tertiary/aromatic N) is 7. The quantitative estimate of drug-likeness (QED) is 0.261. The average molecular weight is 586 g/mol. The van der Waals surface area contributed by atoms with Gasteiger partial charge in [-0.15, -0.1) is 0 Å². The van der Waals surface area contributed by atoms with Gasteiger partial charge in [0.15, 0.2) is 17.3 Å². The molecule has 0 spiro atoms. The first-order chi connectivity index (χ1) is 21.6. The van der Waals surface area contributed by atoms with E-state index in [1.165, 1.54) is 30.0 Å². The molecule has 2 aliphatic carbocycles. The number of aromatic nitrogens is 6. The van der Waals surface area contributed by atoms with Gasteiger partial charge in [0, 0.05) is 49.2 Å². The van der Waals surface area contributed by atoms with E-state index in [4.69, 9.17) is 20.8 Å². The van der Waals surface area contributed by atoms with Gasteiger partial charge in [-0.05, 0) is 98.2 Å². The Labute approximate surface area is 255 Å². The molecule has 5 aromatic rings. The molecule has 10 heteroatoms. The molecule has 3 aliphatic rings. The van der Waals surface area contributed by atoms with Gasteiger partial charge < -0.3 is 16.0 Å². The van der Waals surface area contributed by atoms with Crippen LogP contribution in [0.2, 0.25) is 0 Å². The summed E-state index contributed by atoms with van der Waals surface area (Å²) in [6.07, 6.45) is 11.4. The SMILES string of the molecule is C=CC(=O)N1CCC(N[C@H]2CCc3cc(-n4c(-c5cccnc5N)nc5ccc(-n6ccc(C7CC7)n6)nc54)ccc32)CC1. The van der Waals surface area contributed by atoms with Crippen LogP contribution >= 0.6 is 0 Å². The summed E-state index contributed by atoms with van der Waals surface area (Å²) < 4.78 is 3.96. The third kappa shape index (κ3) is 4.75. The molecule has 1 aromatic carbocycles. The van der Waals surface area contributed by atoms with Crippen LogP contribution in [0.1, 0.15) is 60.9 Å². The van der Waals surface area contributed by atoms with Crippen LogP contribution < -0.4 is 11.1 Å². The van der Waals surface area contributed by atoms with E-state index in [2.05, 4.69) is 45.7 Å². The molecule has 0 bridgehead atoms. The van der Waals surface area contributed by atoms with Crippen LogP contribution in [0, 0.1) is 0 Å². The van der Waals surface area contributed by atoms with Crippen molar-refractivity contribution in [1.29, 1.82) is 0 Å². The van der Waals surface area contributed by atoms with Crippen molar-refractivity contribution in [3.05, 3.63) is 90.4 Å². The number of rotatable bonds is 7. The van der Waals surface area contributed by atoms with E-state index in [-0.39, 0.29) is 5.91 Å². The maximum atomic E-state index is 12.0. The fourth-order valence-electron chi connectivity index (χ4n) is 6.77. The molecule has 2 fully saturated rings. The Balaban J connectivity index is 1.14. The summed E-state index contributed by atoms with van der Waals surface area (Å²) in [6, 6.07) is 17.3. The Bertz CT molecular complexity index is 1890. The van der Waals surface area contributed by atoms with Crippen molar-refractivity contribution in [1.82, 2.24) is 39.5 Å². The summed E-state index contributed by atoms with van der Waals surface area (Å²) in [5, 5.41) is 8.71. The summed E-state index contributed by atoms with van der Waals surface area (Å²) in [5.74, 6) is 2.49. The minimum atomic E-state index is 0.0240. The number of hydrogen-bond acceptors (Lipinski definition) is 7. The molecule has 0 radical (unpaired) electrons. The summed E-state index contributed by atoms with van der Waals surface area (Å²) >= 11 is 0. The van der Waals surface area contributed by atoms with E-state index in [0.717, 1.165) is 72.7 Å². The maximum absolute atomic E-state index is 12.0. The average Bonchev–Trinajstić information content (AvgIpc) is 3.47. The molecule has 1 amide bonds. The number of hydrogen-bond donors (Lipinski definition) is 2. The number of likely N-dealkylation sites (tertiary alicyclic amines) is 1. The van der Waals surface area contributed by atoms with Gasteiger partial charge in [-0.25, -0.2) is 19.6 Å². The maximum Gasteiger partial charge on any atom is 0.245 e. The number of nitrogens with two attached hydrogens (primary N) is 1. The number of carbonyl (C=O) groups excluding carboxylic acids is 1. The van der Waals surface area contributed by atoms with E-state index in [1.807, 2.05) is 40.0 Å². The number of amides is 1. The zero-order chi connectivity index (χ0) is 29.8. The van der Waals surface area contributed by atoms with Gasteiger partial charge in [0.1, 0.15) is 11.3 Å². The molecule has 10 nitrogen and oxygen atoms in total. The Kier molecular flexibility index (Phi) is 6.52. The van der Waals surface area contributed by atoms with Crippen molar-refractivity contribution < 1.29 is 4.79 Å². The summed E-state index contributed by atoms with van der Waals surface area (Å²) in [6.45, 7) is 5.17. The van der Waals surface area contributed by atoms with Gasteiger partial charge >= 0.3 is 0 Å². The van der Waals surface area contributed by atoms with Gasteiger partial charge in [0.2, 0.25) is 5.91 Å². The van der Waals surface area contributed by atoms with Crippen LogP contribution in [-0.2, 0) is 11.2 Å². The minimum absolute atomic E-state index is 0.0240. The normalized spacial score (nSPS) is 18.5. The molecule has 0 unspecified atom stereocenters. The third-order valence-electron chi connectivity index (χ3n) is 9.29. The predicted molar refractivity (Wildman–Crippen MR) is 170 cm³/mol. The highest BCUT2D eigenvalue weighted by Crippen LogP contribution is 2.39. The second-order valence-corrected chi connectivity index (χ2v) is 12.1. The molecule has 3 N–H and O–H groups in total. The standard InChI is InChI=1S/C34H35N9O/c1-2-31(44)41-17-13-23(14-18-41)37-28-10-7-22-20-24(8-9-25(22)28)43-33(26-4-3-16-36-32(26)35)38-29-11-12-30(39-34(29)43)42-19-15-27(40-42)21-5-6-21/h2-4,8-9,11-12,15-16,19-21,23,28,37H,1,5-7,10,13-14,17-18H2,(H2,35,36)/t28-/m0/s1. The lowest BCUT2D eigenvalue weighted by molar-refractivity contribution is -0.127. The topological polar surface area (TPSA) is 120 Å². The monoisotopic (exact) mass is 585 g/mol. The first kappa shape index (κ1) is 26.8. The van der Waals surface area contributed by atoms with Gasteiger partial charge in [0.05, 0.1) is 11.3 Å². The molecule has 1 aliphatic heterocycles. The van der Waals surface area contributed by atoms with Crippen molar-refractivity contribution in [3.8, 4) is 22.9 Å². The highest BCUT2D eigenvalue weighted by molar-refractivity contribution is 5.87. The van der Waals surface area contributed by atoms with Crippen LogP contribution in [0.15, 0.2) is 73.6 Å². The van der Waals surface area contributed by atoms with Gasteiger partial charge in [-0.2, -0.15) is 5.10 Å². The zero-order valence-corrected chi connectivity index (χ0v) is 24.6. The van der Waals surface area contributed by atoms with Crippen LogP contribution in [-0.4, -0.2) is 59.2 Å². The predicted octanol–water partition coefficient (Wildman–Crippen LogP) is 4.88. The molecular weight excluding hydrogens is 550 g/mol. The number of pyridine rings is 2. The Hall–Kier alpha value is -4.83. The van der Waals surface area contributed by atoms with Crippen molar-refractivity contribution >= 4 is 22.9 Å². The molecule has 8 rings (SSSR count). The zero-order valence-electron chi connectivity index (χ0n) is 24.6. The Morgan fingerprint density at radius 3 is 2.68 bits per heavy atom. The molecular formula is C34H35N9O. The largest absolute Gasteiger partial charge is 0.383 e. The van der Waals surface area contributed by atoms with E-state index < -0.39 is 0 Å². The second kappa shape index (κ2) is 10.7. The van der Waals surface area contributed by atoms with E-state index in [1.54, 1.807) is 6.20 Å². The first-order valence-electron chi connectivity index (χ1n) is 15.5. The fraction of sp³-hybridized carbons (Fsp3) is 0.324. The second-order valence-electron chi connectivity index (χ2n) is 12.1. The molecule has 1 atom stereocenters. The number of imidazole rings is 1. The van der Waals surface area contributed by atoms with Crippen molar-refractivity contribution in [2.24, 2.45) is 0 Å². The van der Waals surface area contributed by atoms with E-state index in [9.17, 15) is 4.79 Å². The fourth-order valence-corrected chi connectivity index (χ4v) is 6.77. The molecule has 222 valence electrons. The number of benzene rings is 1. The third-order valence-corrected chi connectivity index (χ3v) is 9.29. The molecule has 4 aromatic heterocycles. The lowest BCUT2D eigenvalue weighted by Crippen LogP contribution is -2.45. The summed E-state index contributed by atoms with van der Waals surface area (Å²) in [5.41, 5.74) is 13.4. The smallest absolute Gasteiger partial charge is 0.245 e. The molecule has 5 heterocycles.